The fourth-order valence-corrected chi connectivity index (χ4v) is 1.28. The van der Waals surface area contributed by atoms with E-state index >= 15 is 0 Å². The highest BCUT2D eigenvalue weighted by Crippen LogP contribution is 2.22. The zero-order valence-corrected chi connectivity index (χ0v) is 9.01. The highest BCUT2D eigenvalue weighted by atomic mass is 16.5. The average Bonchev–Trinajstić information content (AvgIpc) is 2.67. The lowest BCUT2D eigenvalue weighted by atomic mass is 10.1. The first-order valence-corrected chi connectivity index (χ1v) is 4.73. The number of nitriles is 1. The minimum absolute atomic E-state index is 0.239. The van der Waals surface area contributed by atoms with Crippen molar-refractivity contribution < 1.29 is 4.74 Å². The topological polar surface area (TPSA) is 63.7 Å². The van der Waals surface area contributed by atoms with E-state index < -0.39 is 0 Å². The molecule has 16 heavy (non-hydrogen) atoms. The lowest BCUT2D eigenvalue weighted by Crippen LogP contribution is -1.92. The van der Waals surface area contributed by atoms with Gasteiger partial charge in [0.15, 0.2) is 0 Å². The Labute approximate surface area is 92.9 Å². The summed E-state index contributed by atoms with van der Waals surface area (Å²) in [6, 6.07) is 7.69. The zero-order valence-electron chi connectivity index (χ0n) is 9.01. The second kappa shape index (κ2) is 4.03. The van der Waals surface area contributed by atoms with Crippen LogP contribution in [0.15, 0.2) is 24.5 Å². The monoisotopic (exact) mass is 214 g/mol. The second-order valence-electron chi connectivity index (χ2n) is 3.41. The van der Waals surface area contributed by atoms with Gasteiger partial charge in [0.05, 0.1) is 5.56 Å². The van der Waals surface area contributed by atoms with Gasteiger partial charge in [-0.15, -0.1) is 5.10 Å². The molecule has 2 aromatic rings. The van der Waals surface area contributed by atoms with E-state index in [0.717, 1.165) is 5.56 Å². The van der Waals surface area contributed by atoms with Crippen LogP contribution >= 0.6 is 0 Å². The van der Waals surface area contributed by atoms with Crippen LogP contribution in [0.1, 0.15) is 11.1 Å². The Bertz CT molecular complexity index is 553. The van der Waals surface area contributed by atoms with Crippen LogP contribution in [0.3, 0.4) is 0 Å². The molecule has 80 valence electrons. The van der Waals surface area contributed by atoms with E-state index in [9.17, 15) is 0 Å². The molecule has 0 aliphatic rings. The summed E-state index contributed by atoms with van der Waals surface area (Å²) in [6.07, 6.45) is 1.54. The number of nitrogens with zero attached hydrogens (tertiary/aromatic N) is 4. The molecule has 0 spiro atoms. The van der Waals surface area contributed by atoms with Gasteiger partial charge in [-0.25, -0.2) is 0 Å². The maximum absolute atomic E-state index is 8.95. The van der Waals surface area contributed by atoms with Crippen LogP contribution in [0.5, 0.6) is 11.8 Å². The van der Waals surface area contributed by atoms with Gasteiger partial charge in [0, 0.05) is 7.05 Å². The minimum atomic E-state index is 0.239. The Morgan fingerprint density at radius 2 is 2.25 bits per heavy atom. The Morgan fingerprint density at radius 1 is 1.44 bits per heavy atom. The van der Waals surface area contributed by atoms with Crippen LogP contribution < -0.4 is 4.74 Å². The molecule has 0 unspecified atom stereocenters. The summed E-state index contributed by atoms with van der Waals surface area (Å²) >= 11 is 0. The molecule has 5 nitrogen and oxygen atoms in total. The van der Waals surface area contributed by atoms with E-state index in [1.54, 1.807) is 19.2 Å². The maximum atomic E-state index is 8.95. The van der Waals surface area contributed by atoms with E-state index in [1.165, 1.54) is 11.0 Å². The third kappa shape index (κ3) is 2.01. The first kappa shape index (κ1) is 10.2. The SMILES string of the molecule is Cc1ccc(Oc2ncn(C)n2)c(C#N)c1. The predicted octanol–water partition coefficient (Wildman–Crippen LogP) is 1.79. The average molecular weight is 214 g/mol. The lowest BCUT2D eigenvalue weighted by molar-refractivity contribution is 0.437. The summed E-state index contributed by atoms with van der Waals surface area (Å²) < 4.78 is 6.95. The summed E-state index contributed by atoms with van der Waals surface area (Å²) in [5, 5.41) is 12.9. The molecule has 0 saturated heterocycles. The van der Waals surface area contributed by atoms with Gasteiger partial charge in [0.1, 0.15) is 18.1 Å². The van der Waals surface area contributed by atoms with Crippen molar-refractivity contribution in [2.75, 3.05) is 0 Å². The van der Waals surface area contributed by atoms with Crippen molar-refractivity contribution in [1.29, 1.82) is 5.26 Å². The van der Waals surface area contributed by atoms with Gasteiger partial charge in [0.2, 0.25) is 0 Å². The van der Waals surface area contributed by atoms with Crippen molar-refractivity contribution in [2.45, 2.75) is 6.92 Å². The van der Waals surface area contributed by atoms with Crippen molar-refractivity contribution >= 4 is 0 Å². The second-order valence-corrected chi connectivity index (χ2v) is 3.41. The van der Waals surface area contributed by atoms with Gasteiger partial charge in [0.25, 0.3) is 0 Å². The highest BCUT2D eigenvalue weighted by molar-refractivity contribution is 5.46. The minimum Gasteiger partial charge on any atom is -0.422 e. The predicted molar refractivity (Wildman–Crippen MR) is 57.0 cm³/mol. The largest absolute Gasteiger partial charge is 0.422 e. The smallest absolute Gasteiger partial charge is 0.341 e. The van der Waals surface area contributed by atoms with Gasteiger partial charge in [-0.05, 0) is 24.6 Å². The summed E-state index contributed by atoms with van der Waals surface area (Å²) in [6.45, 7) is 1.92. The standard InChI is InChI=1S/C11H10N4O/c1-8-3-4-10(9(5-8)6-12)16-11-13-7-15(2)14-11/h3-5,7H,1-2H3. The fraction of sp³-hybridized carbons (Fsp3) is 0.182. The Morgan fingerprint density at radius 3 is 2.88 bits per heavy atom. The molecule has 1 aromatic heterocycles. The maximum Gasteiger partial charge on any atom is 0.341 e. The fourth-order valence-electron chi connectivity index (χ4n) is 1.28. The van der Waals surface area contributed by atoms with Gasteiger partial charge in [-0.3, -0.25) is 4.68 Å². The number of aryl methyl sites for hydroxylation is 2. The van der Waals surface area contributed by atoms with E-state index in [-0.39, 0.29) is 6.01 Å². The Kier molecular flexibility index (Phi) is 2.56. The number of aromatic nitrogens is 3. The van der Waals surface area contributed by atoms with Crippen LogP contribution in [0.2, 0.25) is 0 Å². The molecule has 1 heterocycles. The molecule has 0 fully saturated rings. The van der Waals surface area contributed by atoms with Crippen LogP contribution in [-0.4, -0.2) is 14.8 Å². The van der Waals surface area contributed by atoms with E-state index in [1.807, 2.05) is 13.0 Å². The van der Waals surface area contributed by atoms with E-state index in [0.29, 0.717) is 11.3 Å². The molecule has 1 aromatic carbocycles. The van der Waals surface area contributed by atoms with Gasteiger partial charge in [-0.1, -0.05) is 6.07 Å². The number of benzene rings is 1. The molecule has 0 bridgehead atoms. The molecule has 0 N–H and O–H groups in total. The molecule has 0 aliphatic heterocycles. The summed E-state index contributed by atoms with van der Waals surface area (Å²) in [5.74, 6) is 0.472. The summed E-state index contributed by atoms with van der Waals surface area (Å²) in [7, 11) is 1.75. The molecular weight excluding hydrogens is 204 g/mol. The number of ether oxygens (including phenoxy) is 1. The summed E-state index contributed by atoms with van der Waals surface area (Å²) in [5.41, 5.74) is 1.49. The molecule has 0 amide bonds. The molecule has 0 radical (unpaired) electrons. The highest BCUT2D eigenvalue weighted by Gasteiger charge is 2.07. The first-order chi connectivity index (χ1) is 7.69. The van der Waals surface area contributed by atoms with E-state index in [4.69, 9.17) is 10.00 Å². The van der Waals surface area contributed by atoms with Crippen molar-refractivity contribution in [3.05, 3.63) is 35.7 Å². The molecule has 2 rings (SSSR count). The third-order valence-corrected chi connectivity index (χ3v) is 2.04. The third-order valence-electron chi connectivity index (χ3n) is 2.04. The zero-order chi connectivity index (χ0) is 11.5. The van der Waals surface area contributed by atoms with Crippen molar-refractivity contribution in [3.63, 3.8) is 0 Å². The first-order valence-electron chi connectivity index (χ1n) is 4.73. The van der Waals surface area contributed by atoms with Crippen molar-refractivity contribution in [2.24, 2.45) is 7.05 Å². The molecular formula is C11H10N4O. The lowest BCUT2D eigenvalue weighted by Gasteiger charge is -2.03. The molecule has 5 heteroatoms. The molecule has 0 saturated carbocycles. The van der Waals surface area contributed by atoms with Crippen molar-refractivity contribution in [3.8, 4) is 17.8 Å². The number of hydrogen-bond donors (Lipinski definition) is 0. The normalized spacial score (nSPS) is 9.81. The molecule has 0 atom stereocenters. The van der Waals surface area contributed by atoms with Gasteiger partial charge >= 0.3 is 6.01 Å². The van der Waals surface area contributed by atoms with E-state index in [2.05, 4.69) is 16.2 Å². The number of hydrogen-bond acceptors (Lipinski definition) is 4. The van der Waals surface area contributed by atoms with Crippen LogP contribution in [-0.2, 0) is 7.05 Å². The van der Waals surface area contributed by atoms with Gasteiger partial charge in [-0.2, -0.15) is 10.2 Å². The Hall–Kier alpha value is -2.35. The summed E-state index contributed by atoms with van der Waals surface area (Å²) in [4.78, 5) is 3.93. The van der Waals surface area contributed by atoms with Crippen LogP contribution in [0.4, 0.5) is 0 Å². The van der Waals surface area contributed by atoms with Crippen molar-refractivity contribution in [1.82, 2.24) is 14.8 Å². The van der Waals surface area contributed by atoms with Crippen LogP contribution in [0, 0.1) is 18.3 Å². The van der Waals surface area contributed by atoms with Gasteiger partial charge < -0.3 is 4.74 Å². The molecule has 0 aliphatic carbocycles. The Balaban J connectivity index is 2.31. The number of rotatable bonds is 2. The quantitative estimate of drug-likeness (QED) is 0.764. The van der Waals surface area contributed by atoms with Crippen LogP contribution in [0.25, 0.3) is 0 Å².